The van der Waals surface area contributed by atoms with Crippen molar-refractivity contribution >= 4 is 17.7 Å². The lowest BCUT2D eigenvalue weighted by atomic mass is 9.95. The van der Waals surface area contributed by atoms with Gasteiger partial charge in [0, 0.05) is 19.0 Å². The maximum Gasteiger partial charge on any atom is 0.243 e. The highest BCUT2D eigenvalue weighted by Gasteiger charge is 2.51. The van der Waals surface area contributed by atoms with Crippen molar-refractivity contribution < 1.29 is 14.4 Å². The predicted octanol–water partition coefficient (Wildman–Crippen LogP) is 0.0442. The van der Waals surface area contributed by atoms with Crippen molar-refractivity contribution in [2.24, 2.45) is 11.8 Å². The van der Waals surface area contributed by atoms with E-state index in [9.17, 15) is 19.6 Å². The average Bonchev–Trinajstić information content (AvgIpc) is 3.07. The molecule has 0 radical (unpaired) electrons. The van der Waals surface area contributed by atoms with Crippen LogP contribution in [-0.4, -0.2) is 59.9 Å². The number of likely N-dealkylation sites (tertiary alicyclic amines) is 1. The zero-order valence-electron chi connectivity index (χ0n) is 16.2. The van der Waals surface area contributed by atoms with Crippen LogP contribution in [-0.2, 0) is 14.4 Å². The smallest absolute Gasteiger partial charge is 0.243 e. The van der Waals surface area contributed by atoms with Crippen molar-refractivity contribution in [3.63, 3.8) is 0 Å². The van der Waals surface area contributed by atoms with E-state index in [-0.39, 0.29) is 23.6 Å². The molecule has 0 aromatic carbocycles. The summed E-state index contributed by atoms with van der Waals surface area (Å²) in [6, 6.07) is 0.899. The van der Waals surface area contributed by atoms with Crippen LogP contribution in [0.2, 0.25) is 0 Å². The Balaban J connectivity index is 1.43. The van der Waals surface area contributed by atoms with Crippen molar-refractivity contribution in [3.05, 3.63) is 0 Å². The van der Waals surface area contributed by atoms with Crippen molar-refractivity contribution in [2.75, 3.05) is 19.6 Å². The van der Waals surface area contributed by atoms with Crippen LogP contribution >= 0.6 is 0 Å². The summed E-state index contributed by atoms with van der Waals surface area (Å²) < 4.78 is 0. The molecule has 8 nitrogen and oxygen atoms in total. The summed E-state index contributed by atoms with van der Waals surface area (Å²) in [5.41, 5.74) is -0.487. The fourth-order valence-electron chi connectivity index (χ4n) is 4.91. The minimum atomic E-state index is -0.709. The van der Waals surface area contributed by atoms with Crippen LogP contribution in [0.4, 0.5) is 0 Å². The number of rotatable bonds is 7. The van der Waals surface area contributed by atoms with E-state index in [1.165, 1.54) is 0 Å². The predicted molar refractivity (Wildman–Crippen MR) is 101 cm³/mol. The molecule has 1 saturated carbocycles. The third-order valence-corrected chi connectivity index (χ3v) is 6.78. The van der Waals surface area contributed by atoms with E-state index < -0.39 is 17.6 Å². The Bertz CT molecular complexity index is 692. The molecule has 0 aromatic heterocycles. The molecule has 4 aliphatic rings. The summed E-state index contributed by atoms with van der Waals surface area (Å²) >= 11 is 0. The van der Waals surface area contributed by atoms with E-state index in [2.05, 4.69) is 22.0 Å². The number of amides is 3. The summed E-state index contributed by atoms with van der Waals surface area (Å²) in [7, 11) is 0. The number of nitrogens with zero attached hydrogens (tertiary/aromatic N) is 2. The van der Waals surface area contributed by atoms with Crippen molar-refractivity contribution in [1.29, 1.82) is 5.26 Å². The molecule has 1 aliphatic carbocycles. The van der Waals surface area contributed by atoms with E-state index in [0.717, 1.165) is 38.6 Å². The van der Waals surface area contributed by atoms with Crippen LogP contribution in [0.1, 0.15) is 51.4 Å². The van der Waals surface area contributed by atoms with Gasteiger partial charge in [-0.1, -0.05) is 12.8 Å². The molecule has 0 aromatic rings. The molecule has 4 rings (SSSR count). The molecule has 3 heterocycles. The minimum absolute atomic E-state index is 0.0366. The topological polar surface area (TPSA) is 114 Å². The maximum atomic E-state index is 13.1. The molecule has 3 saturated heterocycles. The molecule has 4 fully saturated rings. The third-order valence-electron chi connectivity index (χ3n) is 6.78. The first-order chi connectivity index (χ1) is 13.5. The van der Waals surface area contributed by atoms with Crippen LogP contribution < -0.4 is 16.0 Å². The highest BCUT2D eigenvalue weighted by Crippen LogP contribution is 2.38. The second kappa shape index (κ2) is 7.70. The Morgan fingerprint density at radius 2 is 2.07 bits per heavy atom. The first-order valence-electron chi connectivity index (χ1n) is 10.6. The number of hydrogen-bond acceptors (Lipinski definition) is 5. The second-order valence-corrected chi connectivity index (χ2v) is 8.76. The van der Waals surface area contributed by atoms with Gasteiger partial charge in [-0.2, -0.15) is 5.26 Å². The average molecular weight is 387 g/mol. The standard InChI is InChI=1S/C20H29N5O3/c21-12-15(11-14-4-8-22-17(14)26)24-18(27)16(10-13-2-3-13)25-9-6-20(19(25)28)5-1-7-23-20/h13-16,23H,1-11H2,(H,22,26)(H,24,27)/t14-,15-,16-,20?/m0/s1. The van der Waals surface area contributed by atoms with Gasteiger partial charge in [-0.05, 0) is 51.0 Å². The van der Waals surface area contributed by atoms with Gasteiger partial charge in [-0.15, -0.1) is 0 Å². The molecule has 1 spiro atoms. The summed E-state index contributed by atoms with van der Waals surface area (Å²) in [5, 5.41) is 18.5. The third kappa shape index (κ3) is 3.72. The molecule has 0 bridgehead atoms. The van der Waals surface area contributed by atoms with E-state index in [1.807, 2.05) is 0 Å². The number of nitrogens with one attached hydrogen (secondary N) is 3. The Labute approximate surface area is 165 Å². The van der Waals surface area contributed by atoms with Gasteiger partial charge in [0.2, 0.25) is 17.7 Å². The molecule has 1 unspecified atom stereocenters. The molecule has 3 N–H and O–H groups in total. The largest absolute Gasteiger partial charge is 0.356 e. The molecule has 3 amide bonds. The van der Waals surface area contributed by atoms with Crippen LogP contribution in [0, 0.1) is 23.2 Å². The Morgan fingerprint density at radius 1 is 1.25 bits per heavy atom. The highest BCUT2D eigenvalue weighted by molar-refractivity contribution is 5.94. The van der Waals surface area contributed by atoms with Gasteiger partial charge >= 0.3 is 0 Å². The van der Waals surface area contributed by atoms with Crippen LogP contribution in [0.3, 0.4) is 0 Å². The molecular weight excluding hydrogens is 358 g/mol. The molecule has 8 heteroatoms. The van der Waals surface area contributed by atoms with Crippen molar-refractivity contribution in [3.8, 4) is 6.07 Å². The van der Waals surface area contributed by atoms with E-state index in [0.29, 0.717) is 38.3 Å². The molecule has 152 valence electrons. The zero-order chi connectivity index (χ0) is 19.7. The highest BCUT2D eigenvalue weighted by atomic mass is 16.2. The van der Waals surface area contributed by atoms with Crippen molar-refractivity contribution in [1.82, 2.24) is 20.9 Å². The molecule has 4 atom stereocenters. The fourth-order valence-corrected chi connectivity index (χ4v) is 4.91. The van der Waals surface area contributed by atoms with Gasteiger partial charge in [0.1, 0.15) is 12.1 Å². The summed E-state index contributed by atoms with van der Waals surface area (Å²) in [6.07, 6.45) is 6.43. The van der Waals surface area contributed by atoms with E-state index in [1.54, 1.807) is 4.90 Å². The van der Waals surface area contributed by atoms with E-state index >= 15 is 0 Å². The number of carbonyl (C=O) groups is 3. The summed E-state index contributed by atoms with van der Waals surface area (Å²) in [6.45, 7) is 2.05. The van der Waals surface area contributed by atoms with Gasteiger partial charge in [0.05, 0.1) is 11.6 Å². The number of hydrogen-bond donors (Lipinski definition) is 3. The van der Waals surface area contributed by atoms with Crippen LogP contribution in [0.25, 0.3) is 0 Å². The maximum absolute atomic E-state index is 13.1. The van der Waals surface area contributed by atoms with Gasteiger partial charge in [0.25, 0.3) is 0 Å². The minimum Gasteiger partial charge on any atom is -0.356 e. The zero-order valence-corrected chi connectivity index (χ0v) is 16.2. The quantitative estimate of drug-likeness (QED) is 0.571. The van der Waals surface area contributed by atoms with Crippen LogP contribution in [0.15, 0.2) is 0 Å². The monoisotopic (exact) mass is 387 g/mol. The fraction of sp³-hybridized carbons (Fsp3) is 0.800. The first kappa shape index (κ1) is 19.2. The van der Waals surface area contributed by atoms with Crippen molar-refractivity contribution in [2.45, 2.75) is 69.0 Å². The lowest BCUT2D eigenvalue weighted by Gasteiger charge is -2.30. The summed E-state index contributed by atoms with van der Waals surface area (Å²) in [4.78, 5) is 39.8. The van der Waals surface area contributed by atoms with Gasteiger partial charge in [-0.25, -0.2) is 0 Å². The van der Waals surface area contributed by atoms with Gasteiger partial charge in [0.15, 0.2) is 0 Å². The molecule has 3 aliphatic heterocycles. The normalized spacial score (nSPS) is 31.7. The Morgan fingerprint density at radius 3 is 2.68 bits per heavy atom. The van der Waals surface area contributed by atoms with Crippen LogP contribution in [0.5, 0.6) is 0 Å². The number of nitriles is 1. The van der Waals surface area contributed by atoms with Gasteiger partial charge in [-0.3, -0.25) is 14.4 Å². The lowest BCUT2D eigenvalue weighted by Crippen LogP contribution is -2.54. The number of carbonyl (C=O) groups excluding carboxylic acids is 3. The Kier molecular flexibility index (Phi) is 5.28. The van der Waals surface area contributed by atoms with E-state index in [4.69, 9.17) is 0 Å². The van der Waals surface area contributed by atoms with Gasteiger partial charge < -0.3 is 20.9 Å². The molecular formula is C20H29N5O3. The first-order valence-corrected chi connectivity index (χ1v) is 10.6. The second-order valence-electron chi connectivity index (χ2n) is 8.76. The lowest BCUT2D eigenvalue weighted by molar-refractivity contribution is -0.141. The Hall–Kier alpha value is -2.14. The molecule has 28 heavy (non-hydrogen) atoms. The summed E-state index contributed by atoms with van der Waals surface area (Å²) in [5.74, 6) is -0.00767. The SMILES string of the molecule is N#C[C@H](C[C@@H]1CCNC1=O)NC(=O)[C@H](CC1CC1)N1CCC2(CCCN2)C1=O.